The fourth-order valence-corrected chi connectivity index (χ4v) is 4.63. The van der Waals surface area contributed by atoms with Gasteiger partial charge in [0.2, 0.25) is 0 Å². The van der Waals surface area contributed by atoms with Gasteiger partial charge in [-0.3, -0.25) is 0 Å². The fraction of sp³-hybridized carbons (Fsp3) is 0.280. The van der Waals surface area contributed by atoms with Gasteiger partial charge in [-0.2, -0.15) is 0 Å². The summed E-state index contributed by atoms with van der Waals surface area (Å²) in [6.07, 6.45) is -1.75. The molecule has 0 heterocycles. The van der Waals surface area contributed by atoms with Crippen molar-refractivity contribution in [1.82, 2.24) is 0 Å². The number of aliphatic hydroxyl groups excluding tert-OH is 1. The van der Waals surface area contributed by atoms with Crippen LogP contribution in [0.1, 0.15) is 37.2 Å². The third kappa shape index (κ3) is 5.53. The van der Waals surface area contributed by atoms with Crippen molar-refractivity contribution in [2.45, 2.75) is 44.1 Å². The van der Waals surface area contributed by atoms with Crippen molar-refractivity contribution < 1.29 is 31.8 Å². The molecule has 3 aromatic rings. The lowest BCUT2D eigenvalue weighted by molar-refractivity contribution is -0.274. The van der Waals surface area contributed by atoms with E-state index in [0.717, 1.165) is 37.3 Å². The van der Waals surface area contributed by atoms with Gasteiger partial charge in [-0.1, -0.05) is 30.3 Å². The Morgan fingerprint density at radius 2 is 1.36 bits per heavy atom. The van der Waals surface area contributed by atoms with E-state index in [1.54, 1.807) is 0 Å². The second-order valence-electron chi connectivity index (χ2n) is 8.24. The van der Waals surface area contributed by atoms with E-state index >= 15 is 0 Å². The summed E-state index contributed by atoms with van der Waals surface area (Å²) in [6.45, 7) is 0. The standard InChI is InChI=1S/C25H22F5O2P/c26-20-11-18(16-3-1-14(2-4-16)15-5-8-19(31)9-6-15)12-21(27)24(20)17-7-10-22(23(33)13-17)32-25(28,29)30/h1-4,7,10-13,15,19,31H,5-6,8-9,33H2. The minimum absolute atomic E-state index is 0.0264. The first-order chi connectivity index (χ1) is 15.6. The van der Waals surface area contributed by atoms with Crippen LogP contribution in [-0.4, -0.2) is 17.6 Å². The third-order valence-corrected chi connectivity index (χ3v) is 6.43. The van der Waals surface area contributed by atoms with Crippen LogP contribution in [-0.2, 0) is 0 Å². The molecule has 1 N–H and O–H groups in total. The van der Waals surface area contributed by atoms with Crippen LogP contribution in [0.3, 0.4) is 0 Å². The highest BCUT2D eigenvalue weighted by Crippen LogP contribution is 2.36. The average Bonchev–Trinajstić information content (AvgIpc) is 2.75. The quantitative estimate of drug-likeness (QED) is 0.332. The molecular formula is C25H22F5O2P. The van der Waals surface area contributed by atoms with Gasteiger partial charge in [0.05, 0.1) is 11.7 Å². The molecule has 0 saturated heterocycles. The summed E-state index contributed by atoms with van der Waals surface area (Å²) < 4.78 is 71.1. The van der Waals surface area contributed by atoms with Crippen molar-refractivity contribution in [2.24, 2.45) is 0 Å². The lowest BCUT2D eigenvalue weighted by Crippen LogP contribution is -2.20. The molecule has 1 saturated carbocycles. The summed E-state index contributed by atoms with van der Waals surface area (Å²) in [5.74, 6) is -1.72. The van der Waals surface area contributed by atoms with E-state index in [1.165, 1.54) is 24.3 Å². The Kier molecular flexibility index (Phi) is 6.73. The molecule has 174 valence electrons. The summed E-state index contributed by atoms with van der Waals surface area (Å²) in [5, 5.41) is 9.70. The molecule has 4 rings (SSSR count). The monoisotopic (exact) mass is 480 g/mol. The molecule has 1 aliphatic rings. The van der Waals surface area contributed by atoms with Gasteiger partial charge in [-0.15, -0.1) is 22.4 Å². The normalized spacial score (nSPS) is 18.9. The third-order valence-electron chi connectivity index (χ3n) is 5.98. The van der Waals surface area contributed by atoms with Crippen molar-refractivity contribution in [3.05, 3.63) is 71.8 Å². The Morgan fingerprint density at radius 1 is 0.788 bits per heavy atom. The predicted octanol–water partition coefficient (Wildman–Crippen LogP) is 6.72. The van der Waals surface area contributed by atoms with Crippen molar-refractivity contribution in [1.29, 1.82) is 0 Å². The van der Waals surface area contributed by atoms with E-state index in [1.807, 2.05) is 24.3 Å². The number of halogens is 5. The maximum absolute atomic E-state index is 14.9. The number of rotatable bonds is 4. The maximum Gasteiger partial charge on any atom is 0.573 e. The maximum atomic E-state index is 14.9. The highest BCUT2D eigenvalue weighted by molar-refractivity contribution is 7.27. The second-order valence-corrected chi connectivity index (χ2v) is 8.86. The first kappa shape index (κ1) is 23.7. The summed E-state index contributed by atoms with van der Waals surface area (Å²) >= 11 is 0. The zero-order valence-electron chi connectivity index (χ0n) is 17.5. The topological polar surface area (TPSA) is 29.5 Å². The molecule has 1 atom stereocenters. The number of alkyl halides is 3. The van der Waals surface area contributed by atoms with Crippen molar-refractivity contribution in [3.63, 3.8) is 0 Å². The largest absolute Gasteiger partial charge is 0.573 e. The molecule has 0 bridgehead atoms. The van der Waals surface area contributed by atoms with E-state index in [9.17, 15) is 27.1 Å². The van der Waals surface area contributed by atoms with Gasteiger partial charge in [-0.25, -0.2) is 8.78 Å². The van der Waals surface area contributed by atoms with Gasteiger partial charge in [0.25, 0.3) is 0 Å². The molecule has 1 unspecified atom stereocenters. The first-order valence-corrected chi connectivity index (χ1v) is 11.1. The van der Waals surface area contributed by atoms with Crippen LogP contribution in [0.5, 0.6) is 5.75 Å². The van der Waals surface area contributed by atoms with Crippen molar-refractivity contribution in [3.8, 4) is 28.0 Å². The molecule has 1 aliphatic carbocycles. The molecule has 33 heavy (non-hydrogen) atoms. The van der Waals surface area contributed by atoms with Gasteiger partial charge in [0.15, 0.2) is 0 Å². The van der Waals surface area contributed by atoms with E-state index < -0.39 is 23.7 Å². The molecule has 1 fully saturated rings. The first-order valence-electron chi connectivity index (χ1n) is 10.5. The number of aliphatic hydroxyl groups is 1. The molecule has 0 radical (unpaired) electrons. The number of benzene rings is 3. The molecule has 3 aromatic carbocycles. The Balaban J connectivity index is 1.58. The van der Waals surface area contributed by atoms with E-state index in [0.29, 0.717) is 17.0 Å². The summed E-state index contributed by atoms with van der Waals surface area (Å²) in [6, 6.07) is 13.4. The van der Waals surface area contributed by atoms with Crippen LogP contribution in [0.2, 0.25) is 0 Å². The van der Waals surface area contributed by atoms with Crippen LogP contribution in [0.15, 0.2) is 54.6 Å². The Hall–Kier alpha value is -2.50. The lowest BCUT2D eigenvalue weighted by atomic mass is 9.82. The van der Waals surface area contributed by atoms with Gasteiger partial charge < -0.3 is 9.84 Å². The zero-order chi connectivity index (χ0) is 23.8. The van der Waals surface area contributed by atoms with E-state index in [-0.39, 0.29) is 22.5 Å². The minimum Gasteiger partial charge on any atom is -0.405 e. The van der Waals surface area contributed by atoms with Gasteiger partial charge in [0, 0.05) is 5.30 Å². The van der Waals surface area contributed by atoms with Gasteiger partial charge in [-0.05, 0) is 78.1 Å². The highest BCUT2D eigenvalue weighted by atomic mass is 31.0. The van der Waals surface area contributed by atoms with Crippen LogP contribution >= 0.6 is 9.24 Å². The predicted molar refractivity (Wildman–Crippen MR) is 120 cm³/mol. The van der Waals surface area contributed by atoms with Crippen LogP contribution < -0.4 is 10.0 Å². The summed E-state index contributed by atoms with van der Waals surface area (Å²) in [4.78, 5) is 0. The van der Waals surface area contributed by atoms with Crippen LogP contribution in [0.4, 0.5) is 22.0 Å². The Morgan fingerprint density at radius 3 is 1.91 bits per heavy atom. The fourth-order valence-electron chi connectivity index (χ4n) is 4.29. The highest BCUT2D eigenvalue weighted by Gasteiger charge is 2.32. The van der Waals surface area contributed by atoms with Gasteiger partial charge >= 0.3 is 6.36 Å². The van der Waals surface area contributed by atoms with Crippen molar-refractivity contribution in [2.75, 3.05) is 0 Å². The molecule has 0 amide bonds. The molecule has 2 nitrogen and oxygen atoms in total. The summed E-state index contributed by atoms with van der Waals surface area (Å²) in [7, 11) is 2.08. The molecular weight excluding hydrogens is 458 g/mol. The number of hydrogen-bond acceptors (Lipinski definition) is 2. The average molecular weight is 480 g/mol. The van der Waals surface area contributed by atoms with E-state index in [4.69, 9.17) is 0 Å². The minimum atomic E-state index is -4.86. The molecule has 8 heteroatoms. The smallest absolute Gasteiger partial charge is 0.405 e. The van der Waals surface area contributed by atoms with Crippen LogP contribution in [0, 0.1) is 11.6 Å². The van der Waals surface area contributed by atoms with Crippen LogP contribution in [0.25, 0.3) is 22.3 Å². The Labute approximate surface area is 190 Å². The van der Waals surface area contributed by atoms with E-state index in [2.05, 4.69) is 14.0 Å². The SMILES string of the molecule is OC1CCC(c2ccc(-c3cc(F)c(-c4ccc(OC(F)(F)F)c(P)c4)c(F)c3)cc2)CC1. The molecule has 0 spiro atoms. The number of ether oxygens (including phenoxy) is 1. The Bertz CT molecular complexity index is 1110. The second kappa shape index (κ2) is 9.40. The molecule has 0 aliphatic heterocycles. The lowest BCUT2D eigenvalue weighted by Gasteiger charge is -2.25. The molecule has 0 aromatic heterocycles. The number of hydrogen-bond donors (Lipinski definition) is 1. The zero-order valence-corrected chi connectivity index (χ0v) is 18.7. The van der Waals surface area contributed by atoms with Crippen molar-refractivity contribution >= 4 is 14.5 Å². The van der Waals surface area contributed by atoms with Gasteiger partial charge in [0.1, 0.15) is 17.4 Å². The summed E-state index contributed by atoms with van der Waals surface area (Å²) in [5.41, 5.74) is 1.93.